The van der Waals surface area contributed by atoms with Gasteiger partial charge in [-0.3, -0.25) is 0 Å². The van der Waals surface area contributed by atoms with Gasteiger partial charge in [-0.2, -0.15) is 5.26 Å². The van der Waals surface area contributed by atoms with Crippen LogP contribution in [0.4, 0.5) is 0 Å². The van der Waals surface area contributed by atoms with Gasteiger partial charge in [0.15, 0.2) is 0 Å². The van der Waals surface area contributed by atoms with E-state index in [1.807, 2.05) is 11.3 Å². The lowest BCUT2D eigenvalue weighted by Crippen LogP contribution is -2.14. The highest BCUT2D eigenvalue weighted by Crippen LogP contribution is 2.44. The highest BCUT2D eigenvalue weighted by molar-refractivity contribution is 7.25. The molecule has 0 saturated heterocycles. The fourth-order valence-electron chi connectivity index (χ4n) is 10.0. The zero-order chi connectivity index (χ0) is 39.0. The van der Waals surface area contributed by atoms with E-state index < -0.39 is 0 Å². The maximum atomic E-state index is 11.2. The normalized spacial score (nSPS) is 14.1. The molecule has 0 aliphatic heterocycles. The molecule has 0 fully saturated rings. The molecule has 3 aromatic heterocycles. The van der Waals surface area contributed by atoms with Gasteiger partial charge in [0, 0.05) is 53.3 Å². The van der Waals surface area contributed by atoms with Crippen molar-refractivity contribution in [3.8, 4) is 39.7 Å². The molecule has 11 aromatic rings. The van der Waals surface area contributed by atoms with Crippen LogP contribution >= 0.6 is 11.3 Å². The summed E-state index contributed by atoms with van der Waals surface area (Å²) in [5.41, 5.74) is 14.8. The molecule has 1 atom stereocenters. The highest BCUT2D eigenvalue weighted by atomic mass is 32.1. The largest absolute Gasteiger partial charge is 0.313 e. The minimum atomic E-state index is 0.398. The van der Waals surface area contributed by atoms with Gasteiger partial charge in [-0.1, -0.05) is 115 Å². The van der Waals surface area contributed by atoms with Gasteiger partial charge in [0.05, 0.1) is 27.8 Å². The van der Waals surface area contributed by atoms with Crippen molar-refractivity contribution in [1.82, 2.24) is 9.13 Å². The summed E-state index contributed by atoms with van der Waals surface area (Å²) in [4.78, 5) is 0. The summed E-state index contributed by atoms with van der Waals surface area (Å²) in [6.07, 6.45) is 3.12. The molecule has 3 heterocycles. The third-order valence-corrected chi connectivity index (χ3v) is 13.9. The Bertz CT molecular complexity index is 3490. The smallest absolute Gasteiger partial charge is 0.102 e. The first kappa shape index (κ1) is 33.9. The Hall–Kier alpha value is -7.19. The van der Waals surface area contributed by atoms with Gasteiger partial charge in [-0.15, -0.1) is 11.3 Å². The fourth-order valence-corrected chi connectivity index (χ4v) is 11.1. The maximum Gasteiger partial charge on any atom is 0.102 e. The lowest BCUT2D eigenvalue weighted by atomic mass is 9.81. The third-order valence-electron chi connectivity index (χ3n) is 12.7. The molecular weight excluding hydrogens is 735 g/mol. The molecule has 0 saturated carbocycles. The summed E-state index contributed by atoms with van der Waals surface area (Å²) < 4.78 is 7.36. The topological polar surface area (TPSA) is 33.6 Å². The van der Waals surface area contributed by atoms with Gasteiger partial charge >= 0.3 is 0 Å². The van der Waals surface area contributed by atoms with Gasteiger partial charge < -0.3 is 9.13 Å². The van der Waals surface area contributed by atoms with Crippen molar-refractivity contribution in [3.63, 3.8) is 0 Å². The summed E-state index contributed by atoms with van der Waals surface area (Å²) in [6, 6.07) is 68.6. The summed E-state index contributed by atoms with van der Waals surface area (Å²) in [7, 11) is 0. The van der Waals surface area contributed by atoms with Crippen LogP contribution < -0.4 is 0 Å². The van der Waals surface area contributed by atoms with Crippen molar-refractivity contribution in [2.75, 3.05) is 0 Å². The number of aromatic nitrogens is 2. The Morgan fingerprint density at radius 3 is 2.00 bits per heavy atom. The SMILES string of the molecule is N#Cc1c(-c2ccc3sc4ccccc4c3c2)cc(-c2ccccc2)cc1-n1c2ccccc2c2cc([C@H]3CCc4c(c5ccccc5n4-c4ccccc4)C3)ccc21. The highest BCUT2D eigenvalue weighted by Gasteiger charge is 2.28. The molecule has 0 amide bonds. The molecule has 0 N–H and O–H groups in total. The van der Waals surface area contributed by atoms with Crippen LogP contribution in [0.1, 0.15) is 34.7 Å². The Kier molecular flexibility index (Phi) is 7.73. The Morgan fingerprint density at radius 2 is 1.19 bits per heavy atom. The molecule has 0 spiro atoms. The molecule has 4 heteroatoms. The summed E-state index contributed by atoms with van der Waals surface area (Å²) in [5.74, 6) is 0.398. The number of hydrogen-bond donors (Lipinski definition) is 0. The summed E-state index contributed by atoms with van der Waals surface area (Å²) in [6.45, 7) is 0. The van der Waals surface area contributed by atoms with Crippen molar-refractivity contribution in [2.45, 2.75) is 25.2 Å². The Balaban J connectivity index is 1.03. The van der Waals surface area contributed by atoms with Crippen molar-refractivity contribution in [3.05, 3.63) is 204 Å². The van der Waals surface area contributed by atoms with Gasteiger partial charge in [0.25, 0.3) is 0 Å². The molecule has 1 aliphatic carbocycles. The Morgan fingerprint density at radius 1 is 0.508 bits per heavy atom. The van der Waals surface area contributed by atoms with Crippen LogP contribution in [0.3, 0.4) is 0 Å². The lowest BCUT2D eigenvalue weighted by Gasteiger charge is -2.25. The monoisotopic (exact) mass is 771 g/mol. The quantitative estimate of drug-likeness (QED) is 0.172. The van der Waals surface area contributed by atoms with E-state index in [0.717, 1.165) is 58.2 Å². The predicted octanol–water partition coefficient (Wildman–Crippen LogP) is 14.6. The van der Waals surface area contributed by atoms with Crippen molar-refractivity contribution in [1.29, 1.82) is 5.26 Å². The van der Waals surface area contributed by atoms with Crippen LogP contribution in [-0.4, -0.2) is 9.13 Å². The molecule has 0 unspecified atom stereocenters. The van der Waals surface area contributed by atoms with Gasteiger partial charge in [-0.25, -0.2) is 0 Å². The molecule has 3 nitrogen and oxygen atoms in total. The van der Waals surface area contributed by atoms with E-state index >= 15 is 0 Å². The average Bonchev–Trinajstić information content (AvgIpc) is 3.96. The van der Waals surface area contributed by atoms with Crippen LogP contribution in [-0.2, 0) is 12.8 Å². The van der Waals surface area contributed by atoms with E-state index in [9.17, 15) is 5.26 Å². The van der Waals surface area contributed by atoms with Crippen LogP contribution in [0.15, 0.2) is 182 Å². The molecule has 1 aliphatic rings. The standard InChI is InChI=1S/C55H37N3S/c56-34-48-44(38-25-28-55-47(31-38)43-19-9-12-22-54(43)59-55)32-39(35-13-3-1-4-14-35)33-53(48)58-50-21-11-8-18-42(50)46-30-37(24-27-52(46)58)36-23-26-51-45(29-36)41-17-7-10-20-49(41)57(51)40-15-5-2-6-16-40/h1-22,24-25,27-28,30-33,36H,23,26,29H2/t36-/m0/s1. The average molecular weight is 772 g/mol. The molecule has 0 bridgehead atoms. The number of nitriles is 1. The van der Waals surface area contributed by atoms with Gasteiger partial charge in [0.2, 0.25) is 0 Å². The number of thiophene rings is 1. The minimum absolute atomic E-state index is 0.398. The molecule has 8 aromatic carbocycles. The van der Waals surface area contributed by atoms with E-state index in [-0.39, 0.29) is 0 Å². The second kappa shape index (κ2) is 13.5. The van der Waals surface area contributed by atoms with E-state index in [4.69, 9.17) is 0 Å². The van der Waals surface area contributed by atoms with Crippen LogP contribution in [0.25, 0.3) is 86.5 Å². The summed E-state index contributed by atoms with van der Waals surface area (Å²) >= 11 is 1.82. The lowest BCUT2D eigenvalue weighted by molar-refractivity contribution is 0.576. The predicted molar refractivity (Wildman–Crippen MR) is 247 cm³/mol. The zero-order valence-corrected chi connectivity index (χ0v) is 33.1. The van der Waals surface area contributed by atoms with Crippen LogP contribution in [0, 0.1) is 11.3 Å². The molecule has 278 valence electrons. The second-order valence-corrected chi connectivity index (χ2v) is 17.0. The number of nitrogens with zero attached hydrogens (tertiary/aromatic N) is 3. The van der Waals surface area contributed by atoms with Gasteiger partial charge in [-0.05, 0) is 120 Å². The van der Waals surface area contributed by atoms with Crippen molar-refractivity contribution >= 4 is 64.2 Å². The molecule has 59 heavy (non-hydrogen) atoms. The minimum Gasteiger partial charge on any atom is -0.313 e. The van der Waals surface area contributed by atoms with E-state index in [2.05, 4.69) is 197 Å². The number of benzene rings is 8. The van der Waals surface area contributed by atoms with Crippen LogP contribution in [0.5, 0.6) is 0 Å². The van der Waals surface area contributed by atoms with E-state index in [1.54, 1.807) is 0 Å². The van der Waals surface area contributed by atoms with E-state index in [1.165, 1.54) is 64.4 Å². The van der Waals surface area contributed by atoms with Crippen molar-refractivity contribution in [2.24, 2.45) is 0 Å². The number of hydrogen-bond acceptors (Lipinski definition) is 2. The first-order chi connectivity index (χ1) is 29.2. The molecular formula is C55H37N3S. The molecule has 12 rings (SSSR count). The summed E-state index contributed by atoms with van der Waals surface area (Å²) in [5, 5.41) is 17.4. The second-order valence-electron chi connectivity index (χ2n) is 15.9. The van der Waals surface area contributed by atoms with Crippen LogP contribution in [0.2, 0.25) is 0 Å². The number of para-hydroxylation sites is 3. The van der Waals surface area contributed by atoms with Crippen molar-refractivity contribution < 1.29 is 0 Å². The number of fused-ring (bicyclic) bond motifs is 9. The van der Waals surface area contributed by atoms with Gasteiger partial charge in [0.1, 0.15) is 6.07 Å². The first-order valence-electron chi connectivity index (χ1n) is 20.5. The number of rotatable bonds is 5. The zero-order valence-electron chi connectivity index (χ0n) is 32.3. The first-order valence-corrected chi connectivity index (χ1v) is 21.3. The molecule has 0 radical (unpaired) electrons. The fraction of sp³-hybridized carbons (Fsp3) is 0.0727. The third kappa shape index (κ3) is 5.32. The maximum absolute atomic E-state index is 11.2. The Labute approximate surface area is 346 Å². The van der Waals surface area contributed by atoms with E-state index in [0.29, 0.717) is 11.5 Å².